The van der Waals surface area contributed by atoms with Crippen molar-refractivity contribution in [1.82, 2.24) is 15.5 Å². The molecule has 0 unspecified atom stereocenters. The summed E-state index contributed by atoms with van der Waals surface area (Å²) in [7, 11) is 1.77. The Hall–Kier alpha value is -1.55. The maximum absolute atomic E-state index is 11.0. The summed E-state index contributed by atoms with van der Waals surface area (Å²) in [6, 6.07) is 8.61. The van der Waals surface area contributed by atoms with Crippen molar-refractivity contribution in [2.24, 2.45) is 10.7 Å². The highest BCUT2D eigenvalue weighted by atomic mass is 127. The Morgan fingerprint density at radius 2 is 2.00 bits per heavy atom. The second-order valence-electron chi connectivity index (χ2n) is 8.29. The molecule has 1 fully saturated rings. The van der Waals surface area contributed by atoms with Crippen molar-refractivity contribution in [2.45, 2.75) is 45.1 Å². The van der Waals surface area contributed by atoms with E-state index in [9.17, 15) is 4.79 Å². The van der Waals surface area contributed by atoms with Gasteiger partial charge in [-0.1, -0.05) is 32.9 Å². The topological polar surface area (TPSA) is 92.0 Å². The van der Waals surface area contributed by atoms with E-state index in [1.165, 1.54) is 5.56 Å². The minimum atomic E-state index is -0.267. The molecule has 1 heterocycles. The van der Waals surface area contributed by atoms with Crippen molar-refractivity contribution in [3.63, 3.8) is 0 Å². The van der Waals surface area contributed by atoms with Gasteiger partial charge in [-0.15, -0.1) is 24.0 Å². The zero-order chi connectivity index (χ0) is 20.6. The van der Waals surface area contributed by atoms with Crippen LogP contribution in [0.25, 0.3) is 0 Å². The number of piperidine rings is 1. The number of nitrogens with zero attached hydrogens (tertiary/aromatic N) is 2. The molecule has 0 atom stereocenters. The highest BCUT2D eigenvalue weighted by Crippen LogP contribution is 2.25. The standard InChI is InChI=1S/C21H35N5O2.HI/c1-21(2,3)16-6-5-7-18(14-16)28-13-10-24-20(23-4)25-17-8-11-26(12-9-17)15-19(22)27;/h5-7,14,17H,8-13,15H2,1-4H3,(H2,22,27)(H2,23,24,25);1H. The van der Waals surface area contributed by atoms with Crippen molar-refractivity contribution in [2.75, 3.05) is 39.8 Å². The van der Waals surface area contributed by atoms with Crippen LogP contribution in [0.1, 0.15) is 39.2 Å². The van der Waals surface area contributed by atoms with E-state index in [1.807, 2.05) is 12.1 Å². The molecule has 1 aliphatic heterocycles. The first-order valence-electron chi connectivity index (χ1n) is 9.99. The zero-order valence-electron chi connectivity index (χ0n) is 18.0. The number of guanidine groups is 1. The molecular weight excluding hydrogens is 481 g/mol. The van der Waals surface area contributed by atoms with E-state index in [0.29, 0.717) is 25.7 Å². The molecular formula is C21H36IN5O2. The molecule has 2 rings (SSSR count). The maximum atomic E-state index is 11.0. The van der Waals surface area contributed by atoms with Crippen LogP contribution >= 0.6 is 24.0 Å². The molecule has 29 heavy (non-hydrogen) atoms. The molecule has 0 aliphatic carbocycles. The molecule has 164 valence electrons. The Balaban J connectivity index is 0.00000420. The van der Waals surface area contributed by atoms with E-state index < -0.39 is 0 Å². The normalized spacial score (nSPS) is 16.1. The molecule has 1 aromatic rings. The highest BCUT2D eigenvalue weighted by molar-refractivity contribution is 14.0. The Morgan fingerprint density at radius 1 is 1.31 bits per heavy atom. The van der Waals surface area contributed by atoms with Crippen LogP contribution in [0.5, 0.6) is 5.75 Å². The predicted octanol–water partition coefficient (Wildman–Crippen LogP) is 2.10. The van der Waals surface area contributed by atoms with E-state index >= 15 is 0 Å². The van der Waals surface area contributed by atoms with Gasteiger partial charge in [-0.05, 0) is 36.0 Å². The first-order valence-corrected chi connectivity index (χ1v) is 9.99. The average Bonchev–Trinajstić information content (AvgIpc) is 2.65. The molecule has 4 N–H and O–H groups in total. The quantitative estimate of drug-likeness (QED) is 0.223. The lowest BCUT2D eigenvalue weighted by atomic mass is 9.87. The molecule has 0 radical (unpaired) electrons. The van der Waals surface area contributed by atoms with Crippen molar-refractivity contribution >= 4 is 35.8 Å². The zero-order valence-corrected chi connectivity index (χ0v) is 20.4. The second-order valence-corrected chi connectivity index (χ2v) is 8.29. The van der Waals surface area contributed by atoms with Gasteiger partial charge in [0.2, 0.25) is 5.91 Å². The summed E-state index contributed by atoms with van der Waals surface area (Å²) in [5, 5.41) is 6.75. The van der Waals surface area contributed by atoms with Gasteiger partial charge in [0.1, 0.15) is 12.4 Å². The second kappa shape index (κ2) is 12.2. The van der Waals surface area contributed by atoms with E-state index in [2.05, 4.69) is 53.4 Å². The number of halogens is 1. The number of carbonyl (C=O) groups excluding carboxylic acids is 1. The average molecular weight is 517 g/mol. The van der Waals surface area contributed by atoms with Gasteiger partial charge in [-0.3, -0.25) is 14.7 Å². The van der Waals surface area contributed by atoms with Crippen LogP contribution < -0.4 is 21.1 Å². The summed E-state index contributed by atoms with van der Waals surface area (Å²) in [5.74, 6) is 1.40. The van der Waals surface area contributed by atoms with Crippen molar-refractivity contribution < 1.29 is 9.53 Å². The number of hydrogen-bond donors (Lipinski definition) is 3. The van der Waals surface area contributed by atoms with E-state index in [1.54, 1.807) is 7.05 Å². The van der Waals surface area contributed by atoms with E-state index in [0.717, 1.165) is 37.6 Å². The minimum absolute atomic E-state index is 0. The smallest absolute Gasteiger partial charge is 0.231 e. The monoisotopic (exact) mass is 517 g/mol. The summed E-state index contributed by atoms with van der Waals surface area (Å²) in [5.41, 5.74) is 6.63. The summed E-state index contributed by atoms with van der Waals surface area (Å²) in [6.45, 7) is 9.89. The number of hydrogen-bond acceptors (Lipinski definition) is 4. The van der Waals surface area contributed by atoms with Crippen molar-refractivity contribution in [3.8, 4) is 5.75 Å². The molecule has 0 spiro atoms. The Kier molecular flexibility index (Phi) is 10.7. The number of rotatable bonds is 7. The number of benzene rings is 1. The molecule has 8 heteroatoms. The minimum Gasteiger partial charge on any atom is -0.492 e. The fraction of sp³-hybridized carbons (Fsp3) is 0.619. The lowest BCUT2D eigenvalue weighted by molar-refractivity contribution is -0.119. The largest absolute Gasteiger partial charge is 0.492 e. The van der Waals surface area contributed by atoms with Crippen LogP contribution in [0.4, 0.5) is 0 Å². The molecule has 1 aliphatic rings. The van der Waals surface area contributed by atoms with E-state index in [-0.39, 0.29) is 35.3 Å². The number of aliphatic imine (C=N–C) groups is 1. The van der Waals surface area contributed by atoms with Crippen LogP contribution in [-0.2, 0) is 10.2 Å². The van der Waals surface area contributed by atoms with Crippen LogP contribution in [-0.4, -0.2) is 62.6 Å². The third kappa shape index (κ3) is 9.20. The summed E-state index contributed by atoms with van der Waals surface area (Å²) in [4.78, 5) is 17.4. The van der Waals surface area contributed by atoms with Gasteiger partial charge >= 0.3 is 0 Å². The fourth-order valence-electron chi connectivity index (χ4n) is 3.23. The number of ether oxygens (including phenoxy) is 1. The van der Waals surface area contributed by atoms with Crippen LogP contribution in [0.3, 0.4) is 0 Å². The van der Waals surface area contributed by atoms with Crippen molar-refractivity contribution in [1.29, 1.82) is 0 Å². The van der Waals surface area contributed by atoms with Gasteiger partial charge in [-0.2, -0.15) is 0 Å². The molecule has 1 aromatic carbocycles. The number of likely N-dealkylation sites (tertiary alicyclic amines) is 1. The lowest BCUT2D eigenvalue weighted by Crippen LogP contribution is -2.50. The van der Waals surface area contributed by atoms with Crippen LogP contribution in [0.2, 0.25) is 0 Å². The molecule has 0 aromatic heterocycles. The summed E-state index contributed by atoms with van der Waals surface area (Å²) < 4.78 is 5.88. The summed E-state index contributed by atoms with van der Waals surface area (Å²) >= 11 is 0. The maximum Gasteiger partial charge on any atom is 0.231 e. The van der Waals surface area contributed by atoms with Gasteiger partial charge in [0.05, 0.1) is 13.1 Å². The molecule has 7 nitrogen and oxygen atoms in total. The summed E-state index contributed by atoms with van der Waals surface area (Å²) in [6.07, 6.45) is 1.92. The molecule has 0 saturated carbocycles. The number of carbonyl (C=O) groups is 1. The number of amides is 1. The predicted molar refractivity (Wildman–Crippen MR) is 129 cm³/mol. The fourth-order valence-corrected chi connectivity index (χ4v) is 3.23. The van der Waals surface area contributed by atoms with Gasteiger partial charge in [-0.25, -0.2) is 0 Å². The van der Waals surface area contributed by atoms with Gasteiger partial charge < -0.3 is 21.1 Å². The van der Waals surface area contributed by atoms with Gasteiger partial charge in [0.25, 0.3) is 0 Å². The number of nitrogens with two attached hydrogens (primary N) is 1. The number of primary amides is 1. The third-order valence-corrected chi connectivity index (χ3v) is 4.89. The SMILES string of the molecule is CN=C(NCCOc1cccc(C(C)(C)C)c1)NC1CCN(CC(N)=O)CC1.I. The Labute approximate surface area is 191 Å². The first-order chi connectivity index (χ1) is 13.3. The van der Waals surface area contributed by atoms with Crippen LogP contribution in [0.15, 0.2) is 29.3 Å². The van der Waals surface area contributed by atoms with Gasteiger partial charge in [0.15, 0.2) is 5.96 Å². The highest BCUT2D eigenvalue weighted by Gasteiger charge is 2.20. The Bertz CT molecular complexity index is 667. The first kappa shape index (κ1) is 25.5. The molecule has 1 amide bonds. The van der Waals surface area contributed by atoms with E-state index in [4.69, 9.17) is 10.5 Å². The third-order valence-electron chi connectivity index (χ3n) is 4.89. The van der Waals surface area contributed by atoms with Crippen molar-refractivity contribution in [3.05, 3.63) is 29.8 Å². The van der Waals surface area contributed by atoms with Gasteiger partial charge in [0, 0.05) is 26.2 Å². The van der Waals surface area contributed by atoms with Crippen LogP contribution in [0, 0.1) is 0 Å². The lowest BCUT2D eigenvalue weighted by Gasteiger charge is -2.32. The number of nitrogens with one attached hydrogen (secondary N) is 2. The molecule has 0 bridgehead atoms. The Morgan fingerprint density at radius 3 is 2.59 bits per heavy atom. The molecule has 1 saturated heterocycles.